The van der Waals surface area contributed by atoms with Crippen LogP contribution in [0.25, 0.3) is 0 Å². The van der Waals surface area contributed by atoms with Gasteiger partial charge < -0.3 is 5.32 Å². The van der Waals surface area contributed by atoms with Crippen molar-refractivity contribution in [1.82, 2.24) is 14.7 Å². The van der Waals surface area contributed by atoms with E-state index in [4.69, 9.17) is 0 Å². The SMILES string of the molecule is CNc1ncc(S(=O)(=O)NC(C)c2cccs2)cn1. The number of sulfonamides is 1. The molecule has 0 saturated heterocycles. The Morgan fingerprint density at radius 3 is 2.53 bits per heavy atom. The summed E-state index contributed by atoms with van der Waals surface area (Å²) in [7, 11) is -1.94. The molecule has 6 nitrogen and oxygen atoms in total. The average Bonchev–Trinajstić information content (AvgIpc) is 2.92. The molecule has 0 spiro atoms. The summed E-state index contributed by atoms with van der Waals surface area (Å²) in [6, 6.07) is 3.49. The van der Waals surface area contributed by atoms with Crippen molar-refractivity contribution in [2.45, 2.75) is 17.9 Å². The number of nitrogens with zero attached hydrogens (tertiary/aromatic N) is 2. The smallest absolute Gasteiger partial charge is 0.244 e. The fourth-order valence-electron chi connectivity index (χ4n) is 1.48. The third kappa shape index (κ3) is 3.28. The minimum Gasteiger partial charge on any atom is -0.357 e. The Hall–Kier alpha value is -1.51. The zero-order chi connectivity index (χ0) is 13.9. The largest absolute Gasteiger partial charge is 0.357 e. The third-order valence-corrected chi connectivity index (χ3v) is 5.01. The molecular formula is C11H14N4O2S2. The van der Waals surface area contributed by atoms with Gasteiger partial charge >= 0.3 is 0 Å². The maximum absolute atomic E-state index is 12.1. The summed E-state index contributed by atoms with van der Waals surface area (Å²) in [6.45, 7) is 1.80. The molecule has 2 N–H and O–H groups in total. The lowest BCUT2D eigenvalue weighted by Crippen LogP contribution is -2.26. The highest BCUT2D eigenvalue weighted by Crippen LogP contribution is 2.20. The predicted molar refractivity (Wildman–Crippen MR) is 74.6 cm³/mol. The van der Waals surface area contributed by atoms with Gasteiger partial charge in [0, 0.05) is 11.9 Å². The fourth-order valence-corrected chi connectivity index (χ4v) is 3.40. The van der Waals surface area contributed by atoms with E-state index in [2.05, 4.69) is 20.0 Å². The maximum atomic E-state index is 12.1. The highest BCUT2D eigenvalue weighted by atomic mass is 32.2. The first-order chi connectivity index (χ1) is 9.03. The molecule has 0 amide bonds. The molecule has 2 aromatic rings. The summed E-state index contributed by atoms with van der Waals surface area (Å²) in [6.07, 6.45) is 2.56. The van der Waals surface area contributed by atoms with Crippen LogP contribution in [0.5, 0.6) is 0 Å². The van der Waals surface area contributed by atoms with Crippen LogP contribution in [0.3, 0.4) is 0 Å². The molecule has 1 atom stereocenters. The molecule has 102 valence electrons. The van der Waals surface area contributed by atoms with Crippen molar-refractivity contribution >= 4 is 27.3 Å². The highest BCUT2D eigenvalue weighted by molar-refractivity contribution is 7.89. The molecule has 19 heavy (non-hydrogen) atoms. The lowest BCUT2D eigenvalue weighted by Gasteiger charge is -2.12. The fraction of sp³-hybridized carbons (Fsp3) is 0.273. The second kappa shape index (κ2) is 5.64. The topological polar surface area (TPSA) is 84.0 Å². The molecule has 0 bridgehead atoms. The van der Waals surface area contributed by atoms with Crippen molar-refractivity contribution in [3.63, 3.8) is 0 Å². The normalized spacial score (nSPS) is 13.2. The average molecular weight is 298 g/mol. The van der Waals surface area contributed by atoms with E-state index in [0.29, 0.717) is 5.95 Å². The van der Waals surface area contributed by atoms with Crippen LogP contribution in [0.1, 0.15) is 17.8 Å². The van der Waals surface area contributed by atoms with Crippen LogP contribution >= 0.6 is 11.3 Å². The number of hydrogen-bond acceptors (Lipinski definition) is 6. The van der Waals surface area contributed by atoms with Crippen LogP contribution in [-0.4, -0.2) is 25.4 Å². The molecule has 8 heteroatoms. The van der Waals surface area contributed by atoms with Crippen molar-refractivity contribution in [1.29, 1.82) is 0 Å². The molecule has 0 aromatic carbocycles. The summed E-state index contributed by atoms with van der Waals surface area (Å²) in [5, 5.41) is 4.64. The van der Waals surface area contributed by atoms with Gasteiger partial charge in [0.15, 0.2) is 0 Å². The van der Waals surface area contributed by atoms with Gasteiger partial charge in [-0.15, -0.1) is 11.3 Å². The van der Waals surface area contributed by atoms with Gasteiger partial charge in [0.05, 0.1) is 18.4 Å². The van der Waals surface area contributed by atoms with Crippen molar-refractivity contribution < 1.29 is 8.42 Å². The van der Waals surface area contributed by atoms with Gasteiger partial charge in [-0.25, -0.2) is 23.1 Å². The molecular weight excluding hydrogens is 284 g/mol. The van der Waals surface area contributed by atoms with Crippen molar-refractivity contribution in [2.75, 3.05) is 12.4 Å². The summed E-state index contributed by atoms with van der Waals surface area (Å²) >= 11 is 1.50. The number of rotatable bonds is 5. The van der Waals surface area contributed by atoms with Gasteiger partial charge in [0.25, 0.3) is 0 Å². The zero-order valence-electron chi connectivity index (χ0n) is 10.5. The van der Waals surface area contributed by atoms with Crippen LogP contribution in [0.4, 0.5) is 5.95 Å². The molecule has 0 fully saturated rings. The Labute approximate surface area is 116 Å². The highest BCUT2D eigenvalue weighted by Gasteiger charge is 2.19. The number of aromatic nitrogens is 2. The Morgan fingerprint density at radius 2 is 2.00 bits per heavy atom. The summed E-state index contributed by atoms with van der Waals surface area (Å²) in [5.41, 5.74) is 0. The molecule has 0 aliphatic rings. The van der Waals surface area contributed by atoms with E-state index in [0.717, 1.165) is 4.88 Å². The van der Waals surface area contributed by atoms with Gasteiger partial charge in [0.1, 0.15) is 4.90 Å². The standard InChI is InChI=1S/C11H14N4O2S2/c1-8(10-4-3-5-18-10)15-19(16,17)9-6-13-11(12-2)14-7-9/h3-8,15H,1-2H3,(H,12,13,14). The summed E-state index contributed by atoms with van der Waals surface area (Å²) < 4.78 is 26.9. The second-order valence-electron chi connectivity index (χ2n) is 3.85. The minimum absolute atomic E-state index is 0.0508. The van der Waals surface area contributed by atoms with Gasteiger partial charge in [-0.3, -0.25) is 0 Å². The Bertz CT molecular complexity index is 623. The van der Waals surface area contributed by atoms with E-state index < -0.39 is 10.0 Å². The lowest BCUT2D eigenvalue weighted by atomic mass is 10.3. The monoisotopic (exact) mass is 298 g/mol. The first kappa shape index (κ1) is 13.9. The first-order valence-corrected chi connectivity index (χ1v) is 7.95. The quantitative estimate of drug-likeness (QED) is 0.876. The Kier molecular flexibility index (Phi) is 4.13. The summed E-state index contributed by atoms with van der Waals surface area (Å²) in [5.74, 6) is 0.380. The van der Waals surface area contributed by atoms with E-state index in [1.54, 1.807) is 14.0 Å². The van der Waals surface area contributed by atoms with Crippen molar-refractivity contribution in [3.05, 3.63) is 34.8 Å². The Balaban J connectivity index is 2.17. The van der Waals surface area contributed by atoms with Gasteiger partial charge in [0.2, 0.25) is 16.0 Å². The number of thiophene rings is 1. The van der Waals surface area contributed by atoms with Crippen LogP contribution in [0, 0.1) is 0 Å². The van der Waals surface area contributed by atoms with Gasteiger partial charge in [-0.05, 0) is 18.4 Å². The van der Waals surface area contributed by atoms with Crippen molar-refractivity contribution in [3.8, 4) is 0 Å². The maximum Gasteiger partial charge on any atom is 0.244 e. The first-order valence-electron chi connectivity index (χ1n) is 5.58. The van der Waals surface area contributed by atoms with Crippen LogP contribution in [-0.2, 0) is 10.0 Å². The molecule has 0 saturated carbocycles. The summed E-state index contributed by atoms with van der Waals surface area (Å²) in [4.78, 5) is 8.80. The molecule has 2 aromatic heterocycles. The molecule has 0 aliphatic heterocycles. The molecule has 0 aliphatic carbocycles. The Morgan fingerprint density at radius 1 is 1.32 bits per heavy atom. The molecule has 0 radical (unpaired) electrons. The van der Waals surface area contributed by atoms with Crippen LogP contribution < -0.4 is 10.0 Å². The lowest BCUT2D eigenvalue weighted by molar-refractivity contribution is 0.567. The number of anilines is 1. The molecule has 2 rings (SSSR count). The van der Waals surface area contributed by atoms with Crippen molar-refractivity contribution in [2.24, 2.45) is 0 Å². The predicted octanol–water partition coefficient (Wildman–Crippen LogP) is 1.62. The molecule has 1 unspecified atom stereocenters. The van der Waals surface area contributed by atoms with E-state index in [9.17, 15) is 8.42 Å². The van der Waals surface area contributed by atoms with E-state index in [-0.39, 0.29) is 10.9 Å². The number of nitrogens with one attached hydrogen (secondary N) is 2. The second-order valence-corrected chi connectivity index (χ2v) is 6.54. The van der Waals surface area contributed by atoms with E-state index >= 15 is 0 Å². The van der Waals surface area contributed by atoms with Gasteiger partial charge in [-0.2, -0.15) is 0 Å². The third-order valence-electron chi connectivity index (χ3n) is 2.46. The zero-order valence-corrected chi connectivity index (χ0v) is 12.1. The number of hydrogen-bond donors (Lipinski definition) is 2. The van der Waals surface area contributed by atoms with E-state index in [1.807, 2.05) is 17.5 Å². The molecule has 2 heterocycles. The van der Waals surface area contributed by atoms with Crippen LogP contribution in [0.15, 0.2) is 34.8 Å². The minimum atomic E-state index is -3.61. The van der Waals surface area contributed by atoms with E-state index in [1.165, 1.54) is 23.7 Å². The van der Waals surface area contributed by atoms with Crippen LogP contribution in [0.2, 0.25) is 0 Å². The van der Waals surface area contributed by atoms with Gasteiger partial charge in [-0.1, -0.05) is 6.07 Å².